The first-order chi connectivity index (χ1) is 9.96. The van der Waals surface area contributed by atoms with E-state index in [1.165, 1.54) is 26.1 Å². The topological polar surface area (TPSA) is 90.4 Å². The maximum absolute atomic E-state index is 9.01. The maximum Gasteiger partial charge on any atom is 0.153 e. The molecule has 0 aliphatic rings. The largest absolute Gasteiger partial charge is 0.298 e. The third-order valence-electron chi connectivity index (χ3n) is 1.28. The Bertz CT molecular complexity index is 389. The van der Waals surface area contributed by atoms with Crippen molar-refractivity contribution in [2.24, 2.45) is 5.73 Å². The smallest absolute Gasteiger partial charge is 0.153 e. The molecule has 0 aromatic carbocycles. The van der Waals surface area contributed by atoms with Gasteiger partial charge in [-0.2, -0.15) is 0 Å². The summed E-state index contributed by atoms with van der Waals surface area (Å²) in [6.45, 7) is 1.92. The van der Waals surface area contributed by atoms with Crippen molar-refractivity contribution in [2.45, 2.75) is 13.0 Å². The van der Waals surface area contributed by atoms with Crippen LogP contribution >= 0.6 is 36.7 Å². The van der Waals surface area contributed by atoms with E-state index >= 15 is 0 Å². The molecule has 0 amide bonds. The van der Waals surface area contributed by atoms with Gasteiger partial charge >= 0.3 is 67.3 Å². The molecule has 0 bridgehead atoms. The molecule has 1 atom stereocenters. The van der Waals surface area contributed by atoms with Crippen LogP contribution in [0.5, 0.6) is 0 Å². The van der Waals surface area contributed by atoms with Crippen molar-refractivity contribution in [3.63, 3.8) is 0 Å². The fourth-order valence-corrected chi connectivity index (χ4v) is 1.69. The number of carbonyl (C=O) groups is 3. The molecule has 1 aromatic heterocycles. The quantitative estimate of drug-likeness (QED) is 0.406. The van der Waals surface area contributed by atoms with Crippen LogP contribution in [0.15, 0.2) is 16.7 Å². The summed E-state index contributed by atoms with van der Waals surface area (Å²) in [5.74, 6) is 0.924. The van der Waals surface area contributed by atoms with E-state index in [-0.39, 0.29) is 6.04 Å². The van der Waals surface area contributed by atoms with Crippen LogP contribution in [0.3, 0.4) is 0 Å². The van der Waals surface area contributed by atoms with Gasteiger partial charge in [0, 0.05) is 16.1 Å². The maximum atomic E-state index is 9.01. The molecule has 0 spiro atoms. The molecule has 0 fully saturated rings. The predicted molar refractivity (Wildman–Crippen MR) is 95.9 cm³/mol. The van der Waals surface area contributed by atoms with Crippen LogP contribution in [0.4, 0.5) is 0 Å². The van der Waals surface area contributed by atoms with Crippen molar-refractivity contribution in [2.75, 3.05) is 0 Å². The molecule has 0 aliphatic heterocycles. The SMILES string of the molecule is CC(N)c1occ[c]1[Sn].O=CC=S.O=CC=S.O=CC=S. The molecule has 5 nitrogen and oxygen atoms in total. The van der Waals surface area contributed by atoms with Crippen LogP contribution < -0.4 is 9.31 Å². The molecular formula is C12H14NO4S3Sn. The first-order valence-corrected chi connectivity index (χ1v) is 8.02. The molecule has 1 heterocycles. The van der Waals surface area contributed by atoms with Gasteiger partial charge in [-0.3, -0.25) is 14.4 Å². The normalized spacial score (nSPS) is 8.71. The summed E-state index contributed by atoms with van der Waals surface area (Å²) in [5.41, 5.74) is 5.58. The second-order valence-electron chi connectivity index (χ2n) is 2.80. The molecule has 0 saturated heterocycles. The molecule has 1 unspecified atom stereocenters. The molecule has 1 aromatic rings. The Labute approximate surface area is 152 Å². The summed E-state index contributed by atoms with van der Waals surface area (Å²) < 4.78 is 6.34. The summed E-state index contributed by atoms with van der Waals surface area (Å²) in [6, 6.07) is 1.99. The van der Waals surface area contributed by atoms with Crippen LogP contribution in [0, 0.1) is 0 Å². The van der Waals surface area contributed by atoms with E-state index in [1.807, 2.05) is 13.0 Å². The zero-order valence-electron chi connectivity index (χ0n) is 11.1. The van der Waals surface area contributed by atoms with Gasteiger partial charge in [0.15, 0.2) is 18.9 Å². The average Bonchev–Trinajstić information content (AvgIpc) is 2.94. The van der Waals surface area contributed by atoms with Crippen LogP contribution in [-0.2, 0) is 14.4 Å². The van der Waals surface area contributed by atoms with Crippen LogP contribution in [0.1, 0.15) is 18.7 Å². The monoisotopic (exact) mass is 452 g/mol. The van der Waals surface area contributed by atoms with Crippen molar-refractivity contribution >= 4 is 97.7 Å². The number of rotatable bonds is 4. The molecule has 0 saturated carbocycles. The minimum atomic E-state index is 0.0364. The molecule has 2 N–H and O–H groups in total. The summed E-state index contributed by atoms with van der Waals surface area (Å²) >= 11 is 13.5. The Hall–Kier alpha value is -0.681. The standard InChI is InChI=1S/C6H8NO.3C2H2OS.Sn/c1-5(7)6-3-2-4-8-6;3*3-1-2-4;/h2,4-5H,7H2,1H3;3*1-2H;. The van der Waals surface area contributed by atoms with Crippen LogP contribution in [0.25, 0.3) is 0 Å². The molecule has 9 heteroatoms. The third kappa shape index (κ3) is 21.8. The molecule has 21 heavy (non-hydrogen) atoms. The number of carbonyl (C=O) groups excluding carboxylic acids is 3. The molecule has 0 aliphatic carbocycles. The minimum absolute atomic E-state index is 0.0364. The number of nitrogens with two attached hydrogens (primary N) is 1. The summed E-state index contributed by atoms with van der Waals surface area (Å²) in [6.07, 6.45) is 3.38. The predicted octanol–water partition coefficient (Wildman–Crippen LogP) is 0.648. The van der Waals surface area contributed by atoms with Crippen molar-refractivity contribution in [3.05, 3.63) is 18.1 Å². The van der Waals surface area contributed by atoms with Gasteiger partial charge in [-0.25, -0.2) is 0 Å². The second-order valence-corrected chi connectivity index (χ2v) is 5.16. The van der Waals surface area contributed by atoms with Crippen molar-refractivity contribution < 1.29 is 18.8 Å². The van der Waals surface area contributed by atoms with Gasteiger partial charge in [0.2, 0.25) is 0 Å². The van der Waals surface area contributed by atoms with E-state index in [0.717, 1.165) is 21.9 Å². The van der Waals surface area contributed by atoms with Gasteiger partial charge in [0.1, 0.15) is 0 Å². The van der Waals surface area contributed by atoms with E-state index in [2.05, 4.69) is 36.7 Å². The average molecular weight is 451 g/mol. The summed E-state index contributed by atoms with van der Waals surface area (Å²) in [5, 5.41) is 3.08. The molecule has 1 rings (SSSR count). The Morgan fingerprint density at radius 1 is 1.10 bits per heavy atom. The molecular weight excluding hydrogens is 437 g/mol. The van der Waals surface area contributed by atoms with E-state index < -0.39 is 0 Å². The molecule has 113 valence electrons. The third-order valence-corrected chi connectivity index (χ3v) is 2.79. The Morgan fingerprint density at radius 3 is 1.52 bits per heavy atom. The zero-order chi connectivity index (χ0) is 17.1. The van der Waals surface area contributed by atoms with E-state index in [1.54, 1.807) is 6.26 Å². The van der Waals surface area contributed by atoms with Crippen LogP contribution in [0.2, 0.25) is 0 Å². The van der Waals surface area contributed by atoms with Gasteiger partial charge in [-0.15, -0.1) is 0 Å². The number of hydrogen-bond acceptors (Lipinski definition) is 8. The van der Waals surface area contributed by atoms with E-state index in [0.29, 0.717) is 18.9 Å². The Balaban J connectivity index is -0.000000230. The minimum Gasteiger partial charge on any atom is -0.298 e. The first kappa shape index (κ1) is 25.3. The van der Waals surface area contributed by atoms with Gasteiger partial charge in [-0.05, 0) is 0 Å². The summed E-state index contributed by atoms with van der Waals surface area (Å²) in [4.78, 5) is 27.0. The van der Waals surface area contributed by atoms with E-state index in [9.17, 15) is 0 Å². The van der Waals surface area contributed by atoms with Crippen molar-refractivity contribution in [1.82, 2.24) is 0 Å². The number of thiocarbonyl (C=S) groups is 3. The van der Waals surface area contributed by atoms with Gasteiger partial charge < -0.3 is 0 Å². The Kier molecular flexibility index (Phi) is 26.0. The number of furan rings is 1. The number of hydrogen-bond donors (Lipinski definition) is 1. The van der Waals surface area contributed by atoms with E-state index in [4.69, 9.17) is 24.5 Å². The van der Waals surface area contributed by atoms with Crippen molar-refractivity contribution in [1.29, 1.82) is 0 Å². The van der Waals surface area contributed by atoms with Gasteiger partial charge in [-0.1, -0.05) is 36.7 Å². The van der Waals surface area contributed by atoms with Gasteiger partial charge in [0.25, 0.3) is 0 Å². The van der Waals surface area contributed by atoms with Crippen molar-refractivity contribution in [3.8, 4) is 0 Å². The fourth-order valence-electron chi connectivity index (χ4n) is 0.674. The van der Waals surface area contributed by atoms with Crippen LogP contribution in [-0.4, -0.2) is 57.5 Å². The Morgan fingerprint density at radius 2 is 1.43 bits per heavy atom. The molecule has 3 radical (unpaired) electrons. The zero-order valence-corrected chi connectivity index (χ0v) is 16.4. The summed E-state index contributed by atoms with van der Waals surface area (Å²) in [7, 11) is 0. The second kappa shape index (κ2) is 21.6. The van der Waals surface area contributed by atoms with Gasteiger partial charge in [0.05, 0.1) is 0 Å². The number of aldehydes is 3. The first-order valence-electron chi connectivity index (χ1n) is 5.18. The fraction of sp³-hybridized carbons (Fsp3) is 0.167.